The zero-order chi connectivity index (χ0) is 24.2. The molecule has 4 rings (SSSR count). The maximum absolute atomic E-state index is 13.0. The summed E-state index contributed by atoms with van der Waals surface area (Å²) in [6.07, 6.45) is 3.91. The van der Waals surface area contributed by atoms with Crippen molar-refractivity contribution in [2.24, 2.45) is 0 Å². The molecule has 3 aromatic rings. The van der Waals surface area contributed by atoms with Crippen molar-refractivity contribution in [3.05, 3.63) is 95.1 Å². The van der Waals surface area contributed by atoms with Gasteiger partial charge in [-0.1, -0.05) is 24.3 Å². The van der Waals surface area contributed by atoms with Crippen LogP contribution in [-0.2, 0) is 19.1 Å². The molecule has 0 saturated carbocycles. The lowest BCUT2D eigenvalue weighted by molar-refractivity contribution is -0.596. The van der Waals surface area contributed by atoms with Crippen LogP contribution in [-0.4, -0.2) is 25.2 Å². The predicted molar refractivity (Wildman–Crippen MR) is 130 cm³/mol. The molecule has 0 spiro atoms. The highest BCUT2D eigenvalue weighted by molar-refractivity contribution is 5.99. The number of ether oxygens (including phenoxy) is 2. The van der Waals surface area contributed by atoms with E-state index >= 15 is 0 Å². The molecule has 0 amide bonds. The number of esters is 2. The first-order valence-corrected chi connectivity index (χ1v) is 11.5. The van der Waals surface area contributed by atoms with Crippen molar-refractivity contribution in [1.29, 1.82) is 0 Å². The second-order valence-corrected chi connectivity index (χ2v) is 8.15. The molecule has 0 bridgehead atoms. The summed E-state index contributed by atoms with van der Waals surface area (Å²) < 4.78 is 12.7. The summed E-state index contributed by atoms with van der Waals surface area (Å²) >= 11 is 0. The number of allylic oxidation sites excluding steroid dienone is 2. The van der Waals surface area contributed by atoms with Crippen molar-refractivity contribution in [2.75, 3.05) is 13.2 Å². The molecular weight excluding hydrogens is 428 g/mol. The van der Waals surface area contributed by atoms with Gasteiger partial charge in [0.15, 0.2) is 12.4 Å². The van der Waals surface area contributed by atoms with Crippen LogP contribution in [0, 0.1) is 0 Å². The van der Waals surface area contributed by atoms with E-state index in [0.717, 1.165) is 22.0 Å². The van der Waals surface area contributed by atoms with Gasteiger partial charge in [-0.3, -0.25) is 0 Å². The van der Waals surface area contributed by atoms with Crippen LogP contribution in [0.4, 0.5) is 0 Å². The zero-order valence-electron chi connectivity index (χ0n) is 19.9. The molecule has 0 saturated heterocycles. The maximum atomic E-state index is 13.0. The Morgan fingerprint density at radius 2 is 1.47 bits per heavy atom. The summed E-state index contributed by atoms with van der Waals surface area (Å²) in [4.78, 5) is 26.0. The summed E-state index contributed by atoms with van der Waals surface area (Å²) in [6, 6.07) is 18.3. The Kier molecular flexibility index (Phi) is 6.77. The van der Waals surface area contributed by atoms with Crippen LogP contribution >= 0.6 is 0 Å². The number of carbonyl (C=O) groups is 2. The number of nitrogens with one attached hydrogen (secondary N) is 1. The van der Waals surface area contributed by atoms with Crippen LogP contribution in [0.2, 0.25) is 0 Å². The van der Waals surface area contributed by atoms with Gasteiger partial charge in [0.2, 0.25) is 5.69 Å². The topological polar surface area (TPSA) is 68.5 Å². The minimum atomic E-state index is -0.618. The summed E-state index contributed by atoms with van der Waals surface area (Å²) in [5, 5.41) is 5.47. The highest BCUT2D eigenvalue weighted by atomic mass is 16.5. The fourth-order valence-electron chi connectivity index (χ4n) is 4.45. The molecule has 0 atom stereocenters. The quantitative estimate of drug-likeness (QED) is 0.437. The van der Waals surface area contributed by atoms with Gasteiger partial charge in [-0.2, -0.15) is 4.57 Å². The first-order valence-electron chi connectivity index (χ1n) is 11.5. The van der Waals surface area contributed by atoms with Crippen LogP contribution in [0.25, 0.3) is 16.5 Å². The van der Waals surface area contributed by atoms with Gasteiger partial charge < -0.3 is 14.8 Å². The van der Waals surface area contributed by atoms with Gasteiger partial charge in [-0.15, -0.1) is 0 Å². The third kappa shape index (κ3) is 4.44. The van der Waals surface area contributed by atoms with Gasteiger partial charge in [0, 0.05) is 35.2 Å². The second kappa shape index (κ2) is 9.91. The number of pyridine rings is 1. The Balaban J connectivity index is 1.85. The highest BCUT2D eigenvalue weighted by Gasteiger charge is 2.39. The molecule has 2 heterocycles. The summed E-state index contributed by atoms with van der Waals surface area (Å²) in [5.41, 5.74) is 3.91. The summed E-state index contributed by atoms with van der Waals surface area (Å²) in [7, 11) is 0. The van der Waals surface area contributed by atoms with Gasteiger partial charge in [0.05, 0.1) is 30.3 Å². The standard InChI is InChI=1S/C28H28N2O4/c1-5-33-27(31)24-18(3)29-19(4)25(28(32)34-6-2)26(24)22-12-9-15-30(17-22)23-14-13-20-10-7-8-11-21(20)16-23/h7-17,26H,5-6H2,1-4H3/p+1. The Morgan fingerprint density at radius 1 is 0.853 bits per heavy atom. The number of benzene rings is 2. The Hall–Kier alpha value is -3.93. The van der Waals surface area contributed by atoms with E-state index in [0.29, 0.717) is 22.5 Å². The molecule has 6 heteroatoms. The third-order valence-electron chi connectivity index (χ3n) is 5.94. The third-order valence-corrected chi connectivity index (χ3v) is 5.94. The van der Waals surface area contributed by atoms with Gasteiger partial charge in [-0.25, -0.2) is 9.59 Å². The lowest BCUT2D eigenvalue weighted by Gasteiger charge is -2.29. The number of carbonyl (C=O) groups excluding carboxylic acids is 2. The Morgan fingerprint density at radius 3 is 2.09 bits per heavy atom. The second-order valence-electron chi connectivity index (χ2n) is 8.15. The molecule has 34 heavy (non-hydrogen) atoms. The number of dihydropyridines is 1. The van der Waals surface area contributed by atoms with Crippen molar-refractivity contribution in [3.8, 4) is 5.69 Å². The fraction of sp³-hybridized carbons (Fsp3) is 0.250. The molecule has 0 aliphatic carbocycles. The molecule has 1 N–H and O–H groups in total. The maximum Gasteiger partial charge on any atom is 0.336 e. The normalized spacial score (nSPS) is 14.2. The average Bonchev–Trinajstić information content (AvgIpc) is 2.83. The van der Waals surface area contributed by atoms with Crippen molar-refractivity contribution >= 4 is 22.7 Å². The molecule has 0 fully saturated rings. The molecule has 2 aromatic carbocycles. The van der Waals surface area contributed by atoms with E-state index in [1.807, 2.05) is 55.1 Å². The molecule has 1 aliphatic heterocycles. The number of nitrogens with zero attached hydrogens (tertiary/aromatic N) is 1. The number of hydrogen-bond donors (Lipinski definition) is 1. The summed E-state index contributed by atoms with van der Waals surface area (Å²) in [5.74, 6) is -1.52. The molecular formula is C28H29N2O4+. The number of aromatic nitrogens is 1. The molecule has 0 radical (unpaired) electrons. The van der Waals surface area contributed by atoms with E-state index in [2.05, 4.69) is 35.6 Å². The fourth-order valence-corrected chi connectivity index (χ4v) is 4.45. The minimum Gasteiger partial charge on any atom is -0.463 e. The molecule has 174 valence electrons. The zero-order valence-corrected chi connectivity index (χ0v) is 19.9. The van der Waals surface area contributed by atoms with Crippen molar-refractivity contribution in [1.82, 2.24) is 5.32 Å². The van der Waals surface area contributed by atoms with Crippen molar-refractivity contribution in [3.63, 3.8) is 0 Å². The SMILES string of the molecule is CCOC(=O)C1=C(C)NC(C)=C(C(=O)OCC)C1c1ccc[n+](-c2ccc3ccccc3c2)c1. The summed E-state index contributed by atoms with van der Waals surface area (Å²) in [6.45, 7) is 7.67. The van der Waals surface area contributed by atoms with Gasteiger partial charge in [0.25, 0.3) is 0 Å². The van der Waals surface area contributed by atoms with E-state index in [9.17, 15) is 9.59 Å². The first kappa shape index (κ1) is 23.2. The lowest BCUT2D eigenvalue weighted by atomic mass is 9.81. The number of hydrogen-bond acceptors (Lipinski definition) is 5. The van der Waals surface area contributed by atoms with E-state index in [1.54, 1.807) is 13.8 Å². The lowest BCUT2D eigenvalue weighted by Crippen LogP contribution is -2.35. The number of rotatable bonds is 6. The smallest absolute Gasteiger partial charge is 0.336 e. The van der Waals surface area contributed by atoms with Crippen molar-refractivity contribution < 1.29 is 23.6 Å². The first-order chi connectivity index (χ1) is 16.4. The van der Waals surface area contributed by atoms with Gasteiger partial charge in [-0.05, 0) is 50.6 Å². The van der Waals surface area contributed by atoms with Crippen LogP contribution < -0.4 is 9.88 Å². The Labute approximate surface area is 199 Å². The van der Waals surface area contributed by atoms with E-state index in [4.69, 9.17) is 9.47 Å². The molecule has 1 aromatic heterocycles. The van der Waals surface area contributed by atoms with Gasteiger partial charge in [0.1, 0.15) is 0 Å². The predicted octanol–water partition coefficient (Wildman–Crippen LogP) is 4.48. The van der Waals surface area contributed by atoms with Crippen LogP contribution in [0.1, 0.15) is 39.2 Å². The van der Waals surface area contributed by atoms with Crippen LogP contribution in [0.3, 0.4) is 0 Å². The van der Waals surface area contributed by atoms with Crippen LogP contribution in [0.5, 0.6) is 0 Å². The molecule has 1 aliphatic rings. The monoisotopic (exact) mass is 457 g/mol. The molecule has 6 nitrogen and oxygen atoms in total. The highest BCUT2D eigenvalue weighted by Crippen LogP contribution is 2.38. The number of fused-ring (bicyclic) bond motifs is 1. The van der Waals surface area contributed by atoms with Crippen LogP contribution in [0.15, 0.2) is 89.5 Å². The van der Waals surface area contributed by atoms with E-state index in [-0.39, 0.29) is 13.2 Å². The van der Waals surface area contributed by atoms with Crippen molar-refractivity contribution in [2.45, 2.75) is 33.6 Å². The minimum absolute atomic E-state index is 0.242. The molecule has 0 unspecified atom stereocenters. The Bertz CT molecular complexity index is 1280. The van der Waals surface area contributed by atoms with E-state index < -0.39 is 17.9 Å². The van der Waals surface area contributed by atoms with E-state index in [1.165, 1.54) is 0 Å². The van der Waals surface area contributed by atoms with Gasteiger partial charge >= 0.3 is 11.9 Å². The average molecular weight is 458 g/mol. The largest absolute Gasteiger partial charge is 0.463 e.